The summed E-state index contributed by atoms with van der Waals surface area (Å²) in [6, 6.07) is 15.6. The molecule has 3 aromatic rings. The summed E-state index contributed by atoms with van der Waals surface area (Å²) in [7, 11) is 0. The number of anilines is 1. The number of hydrazone groups is 1. The van der Waals surface area contributed by atoms with Crippen molar-refractivity contribution < 1.29 is 5.11 Å². The maximum Gasteiger partial charge on any atom is 0.204 e. The fraction of sp³-hybridized carbons (Fsp3) is 0.100. The van der Waals surface area contributed by atoms with Crippen LogP contribution in [0.1, 0.15) is 16.0 Å². The summed E-state index contributed by atoms with van der Waals surface area (Å²) in [6.45, 7) is 5.74. The number of hydrogen-bond donors (Lipinski definition) is 2. The minimum absolute atomic E-state index is 0.230. The van der Waals surface area contributed by atoms with E-state index in [2.05, 4.69) is 22.1 Å². The molecule has 0 aliphatic rings. The number of nitrogens with one attached hydrogen (secondary N) is 1. The summed E-state index contributed by atoms with van der Waals surface area (Å²) in [4.78, 5) is 5.72. The van der Waals surface area contributed by atoms with Crippen molar-refractivity contribution in [1.82, 2.24) is 4.98 Å². The predicted molar refractivity (Wildman–Crippen MR) is 106 cm³/mol. The van der Waals surface area contributed by atoms with Crippen LogP contribution < -0.4 is 5.43 Å². The molecule has 25 heavy (non-hydrogen) atoms. The molecule has 0 aliphatic heterocycles. The van der Waals surface area contributed by atoms with Gasteiger partial charge in [-0.2, -0.15) is 5.10 Å². The number of phenols is 1. The largest absolute Gasteiger partial charge is 0.507 e. The van der Waals surface area contributed by atoms with Gasteiger partial charge in [0.15, 0.2) is 0 Å². The molecule has 0 aliphatic carbocycles. The maximum absolute atomic E-state index is 10.2. The average molecular weight is 349 g/mol. The summed E-state index contributed by atoms with van der Waals surface area (Å²) in [5.41, 5.74) is 6.48. The van der Waals surface area contributed by atoms with Gasteiger partial charge in [-0.05, 0) is 25.0 Å². The Morgan fingerprint density at radius 2 is 2.00 bits per heavy atom. The van der Waals surface area contributed by atoms with Crippen LogP contribution in [0.4, 0.5) is 5.13 Å². The zero-order valence-corrected chi connectivity index (χ0v) is 14.8. The monoisotopic (exact) mass is 349 g/mol. The van der Waals surface area contributed by atoms with Crippen LogP contribution in [0.5, 0.6) is 5.75 Å². The number of allylic oxidation sites excluding steroid dienone is 1. The Morgan fingerprint density at radius 1 is 1.20 bits per heavy atom. The zero-order chi connectivity index (χ0) is 17.6. The lowest BCUT2D eigenvalue weighted by Gasteiger charge is -2.04. The van der Waals surface area contributed by atoms with Crippen LogP contribution in [-0.2, 0) is 6.42 Å². The molecular weight excluding hydrogens is 330 g/mol. The van der Waals surface area contributed by atoms with Gasteiger partial charge in [0.05, 0.1) is 11.9 Å². The van der Waals surface area contributed by atoms with E-state index in [1.165, 1.54) is 0 Å². The number of rotatable bonds is 6. The first-order chi connectivity index (χ1) is 12.2. The van der Waals surface area contributed by atoms with Crippen LogP contribution >= 0.6 is 11.3 Å². The summed E-state index contributed by atoms with van der Waals surface area (Å²) >= 11 is 1.55. The highest BCUT2D eigenvalue weighted by molar-refractivity contribution is 7.15. The molecule has 0 amide bonds. The van der Waals surface area contributed by atoms with Gasteiger partial charge in [0, 0.05) is 16.0 Å². The van der Waals surface area contributed by atoms with Gasteiger partial charge >= 0.3 is 0 Å². The molecule has 0 atom stereocenters. The van der Waals surface area contributed by atoms with Gasteiger partial charge in [-0.1, -0.05) is 48.5 Å². The van der Waals surface area contributed by atoms with Crippen LogP contribution in [0.2, 0.25) is 0 Å². The first-order valence-electron chi connectivity index (χ1n) is 7.92. The van der Waals surface area contributed by atoms with Gasteiger partial charge in [0.25, 0.3) is 0 Å². The highest BCUT2D eigenvalue weighted by Gasteiger charge is 2.09. The van der Waals surface area contributed by atoms with E-state index in [1.807, 2.05) is 55.5 Å². The van der Waals surface area contributed by atoms with Crippen molar-refractivity contribution in [3.63, 3.8) is 0 Å². The quantitative estimate of drug-likeness (QED) is 0.374. The number of phenolic OH excluding ortho intramolecular Hbond substituents is 1. The molecule has 126 valence electrons. The molecule has 2 aromatic carbocycles. The molecule has 3 rings (SSSR count). The molecule has 1 heterocycles. The van der Waals surface area contributed by atoms with Crippen molar-refractivity contribution in [2.24, 2.45) is 5.10 Å². The molecule has 4 nitrogen and oxygen atoms in total. The van der Waals surface area contributed by atoms with Gasteiger partial charge in [-0.3, -0.25) is 5.43 Å². The fourth-order valence-corrected chi connectivity index (χ4v) is 3.29. The normalized spacial score (nSPS) is 10.9. The van der Waals surface area contributed by atoms with Crippen molar-refractivity contribution in [1.29, 1.82) is 0 Å². The second-order valence-electron chi connectivity index (χ2n) is 5.51. The standard InChI is InChI=1S/C20H19N3OS/c1-3-8-16-11-7-12-17(19(16)24)13-21-23-20-22-18(14(2)25-20)15-9-5-4-6-10-15/h3-7,9-13,24H,1,8H2,2H3,(H,22,23)/b21-13+. The van der Waals surface area contributed by atoms with E-state index in [4.69, 9.17) is 0 Å². The Morgan fingerprint density at radius 3 is 2.76 bits per heavy atom. The number of para-hydroxylation sites is 1. The molecule has 1 aromatic heterocycles. The van der Waals surface area contributed by atoms with E-state index in [1.54, 1.807) is 23.6 Å². The molecule has 0 spiro atoms. The minimum atomic E-state index is 0.230. The van der Waals surface area contributed by atoms with E-state index in [9.17, 15) is 5.11 Å². The van der Waals surface area contributed by atoms with E-state index < -0.39 is 0 Å². The number of aryl methyl sites for hydroxylation is 1. The van der Waals surface area contributed by atoms with E-state index in [0.29, 0.717) is 17.1 Å². The third-order valence-corrected chi connectivity index (χ3v) is 4.60. The maximum atomic E-state index is 10.2. The zero-order valence-electron chi connectivity index (χ0n) is 13.9. The summed E-state index contributed by atoms with van der Waals surface area (Å²) in [5, 5.41) is 15.2. The van der Waals surface area contributed by atoms with Gasteiger partial charge in [-0.15, -0.1) is 17.9 Å². The van der Waals surface area contributed by atoms with E-state index >= 15 is 0 Å². The first kappa shape index (κ1) is 16.9. The number of nitrogens with zero attached hydrogens (tertiary/aromatic N) is 2. The van der Waals surface area contributed by atoms with Crippen LogP contribution in [0.15, 0.2) is 66.3 Å². The van der Waals surface area contributed by atoms with Gasteiger partial charge in [-0.25, -0.2) is 4.98 Å². The van der Waals surface area contributed by atoms with Crippen molar-refractivity contribution in [2.75, 3.05) is 5.43 Å². The Hall–Kier alpha value is -2.92. The molecule has 0 radical (unpaired) electrons. The number of thiazole rings is 1. The van der Waals surface area contributed by atoms with Gasteiger partial charge in [0.1, 0.15) is 5.75 Å². The third kappa shape index (κ3) is 3.95. The number of aromatic hydroxyl groups is 1. The lowest BCUT2D eigenvalue weighted by molar-refractivity contribution is 0.469. The SMILES string of the molecule is C=CCc1cccc(/C=N/Nc2nc(-c3ccccc3)c(C)s2)c1O. The highest BCUT2D eigenvalue weighted by atomic mass is 32.1. The van der Waals surface area contributed by atoms with Crippen LogP contribution in [0.3, 0.4) is 0 Å². The highest BCUT2D eigenvalue weighted by Crippen LogP contribution is 2.30. The molecule has 0 unspecified atom stereocenters. The van der Waals surface area contributed by atoms with Crippen LogP contribution in [-0.4, -0.2) is 16.3 Å². The van der Waals surface area contributed by atoms with E-state index in [-0.39, 0.29) is 5.75 Å². The van der Waals surface area contributed by atoms with Crippen molar-refractivity contribution in [3.8, 4) is 17.0 Å². The van der Waals surface area contributed by atoms with E-state index in [0.717, 1.165) is 21.7 Å². The Labute approximate surface area is 151 Å². The topological polar surface area (TPSA) is 57.5 Å². The molecule has 0 bridgehead atoms. The third-order valence-electron chi connectivity index (χ3n) is 3.72. The molecule has 0 saturated carbocycles. The number of hydrogen-bond acceptors (Lipinski definition) is 5. The second-order valence-corrected chi connectivity index (χ2v) is 6.71. The van der Waals surface area contributed by atoms with Crippen molar-refractivity contribution in [3.05, 3.63) is 77.2 Å². The Balaban J connectivity index is 1.75. The predicted octanol–water partition coefficient (Wildman–Crippen LogP) is 5.00. The first-order valence-corrected chi connectivity index (χ1v) is 8.74. The Bertz CT molecular complexity index is 901. The molecular formula is C20H19N3OS. The smallest absolute Gasteiger partial charge is 0.204 e. The van der Waals surface area contributed by atoms with Gasteiger partial charge in [0.2, 0.25) is 5.13 Å². The lowest BCUT2D eigenvalue weighted by atomic mass is 10.1. The van der Waals surface area contributed by atoms with Crippen LogP contribution in [0, 0.1) is 6.92 Å². The fourth-order valence-electron chi connectivity index (χ4n) is 2.50. The minimum Gasteiger partial charge on any atom is -0.507 e. The number of benzene rings is 2. The Kier molecular flexibility index (Phi) is 5.26. The summed E-state index contributed by atoms with van der Waals surface area (Å²) in [6.07, 6.45) is 3.98. The molecule has 5 heteroatoms. The lowest BCUT2D eigenvalue weighted by Crippen LogP contribution is -1.92. The summed E-state index contributed by atoms with van der Waals surface area (Å²) in [5.74, 6) is 0.230. The van der Waals surface area contributed by atoms with Gasteiger partial charge < -0.3 is 5.11 Å². The molecule has 2 N–H and O–H groups in total. The van der Waals surface area contributed by atoms with Crippen molar-refractivity contribution >= 4 is 22.7 Å². The second kappa shape index (κ2) is 7.77. The average Bonchev–Trinajstić information content (AvgIpc) is 3.00. The van der Waals surface area contributed by atoms with Crippen molar-refractivity contribution in [2.45, 2.75) is 13.3 Å². The van der Waals surface area contributed by atoms with Crippen LogP contribution in [0.25, 0.3) is 11.3 Å². The summed E-state index contributed by atoms with van der Waals surface area (Å²) < 4.78 is 0. The molecule has 0 fully saturated rings. The molecule has 0 saturated heterocycles. The number of aromatic nitrogens is 1.